The van der Waals surface area contributed by atoms with E-state index in [1.807, 2.05) is 13.8 Å². The van der Waals surface area contributed by atoms with Gasteiger partial charge in [-0.3, -0.25) is 9.59 Å². The molecule has 0 saturated heterocycles. The summed E-state index contributed by atoms with van der Waals surface area (Å²) in [6, 6.07) is -0.482. The molecule has 0 saturated carbocycles. The van der Waals surface area contributed by atoms with Crippen LogP contribution in [0.4, 0.5) is 0 Å². The first-order valence-electron chi connectivity index (χ1n) is 7.11. The molecule has 0 spiro atoms. The third-order valence-corrected chi connectivity index (χ3v) is 3.04. The number of carboxylic acids is 1. The lowest BCUT2D eigenvalue weighted by molar-refractivity contribution is -0.138. The second-order valence-corrected chi connectivity index (χ2v) is 5.59. The summed E-state index contributed by atoms with van der Waals surface area (Å²) in [5, 5.41) is 11.6. The van der Waals surface area contributed by atoms with E-state index in [-0.39, 0.29) is 18.2 Å². The molecule has 0 aromatic heterocycles. The van der Waals surface area contributed by atoms with Gasteiger partial charge in [-0.25, -0.2) is 0 Å². The van der Waals surface area contributed by atoms with Gasteiger partial charge in [0.25, 0.3) is 0 Å². The first-order valence-corrected chi connectivity index (χ1v) is 7.11. The number of unbranched alkanes of at least 4 members (excludes halogenated alkanes) is 1. The van der Waals surface area contributed by atoms with Gasteiger partial charge < -0.3 is 16.2 Å². The normalized spacial score (nSPS) is 14.2. The summed E-state index contributed by atoms with van der Waals surface area (Å²) in [7, 11) is 0. The Morgan fingerprint density at radius 2 is 1.95 bits per heavy atom. The highest BCUT2D eigenvalue weighted by Crippen LogP contribution is 2.14. The highest BCUT2D eigenvalue weighted by Gasteiger charge is 2.18. The summed E-state index contributed by atoms with van der Waals surface area (Å²) in [4.78, 5) is 22.5. The Balaban J connectivity index is 4.14. The van der Waals surface area contributed by atoms with Crippen LogP contribution < -0.4 is 11.1 Å². The molecule has 0 aliphatic rings. The largest absolute Gasteiger partial charge is 0.481 e. The molecule has 5 heteroatoms. The van der Waals surface area contributed by atoms with Gasteiger partial charge in [0, 0.05) is 13.0 Å². The van der Waals surface area contributed by atoms with E-state index in [0.717, 1.165) is 19.3 Å². The predicted molar refractivity (Wildman–Crippen MR) is 75.7 cm³/mol. The minimum Gasteiger partial charge on any atom is -0.481 e. The van der Waals surface area contributed by atoms with E-state index in [0.29, 0.717) is 18.9 Å². The third kappa shape index (κ3) is 9.47. The molecular weight excluding hydrogens is 244 g/mol. The van der Waals surface area contributed by atoms with Crippen molar-refractivity contribution in [2.75, 3.05) is 6.54 Å². The van der Waals surface area contributed by atoms with Crippen LogP contribution in [0.25, 0.3) is 0 Å². The zero-order valence-corrected chi connectivity index (χ0v) is 12.3. The summed E-state index contributed by atoms with van der Waals surface area (Å²) in [6.07, 6.45) is 3.49. The number of rotatable bonds is 10. The lowest BCUT2D eigenvalue weighted by atomic mass is 9.94. The van der Waals surface area contributed by atoms with Crippen molar-refractivity contribution in [3.05, 3.63) is 0 Å². The van der Waals surface area contributed by atoms with Crippen LogP contribution in [0, 0.1) is 11.8 Å². The van der Waals surface area contributed by atoms with E-state index < -0.39 is 12.0 Å². The van der Waals surface area contributed by atoms with E-state index in [1.54, 1.807) is 0 Å². The summed E-state index contributed by atoms with van der Waals surface area (Å²) in [5.74, 6) is -0.613. The second-order valence-electron chi connectivity index (χ2n) is 5.59. The smallest absolute Gasteiger partial charge is 0.303 e. The van der Waals surface area contributed by atoms with E-state index in [4.69, 9.17) is 10.8 Å². The minimum absolute atomic E-state index is 0.0279. The van der Waals surface area contributed by atoms with Gasteiger partial charge in [-0.2, -0.15) is 0 Å². The number of carbonyl (C=O) groups is 2. The lowest BCUT2D eigenvalue weighted by Crippen LogP contribution is -2.42. The van der Waals surface area contributed by atoms with Gasteiger partial charge in [-0.1, -0.05) is 33.6 Å². The molecule has 1 amide bonds. The number of nitrogens with two attached hydrogens (primary N) is 1. The van der Waals surface area contributed by atoms with E-state index in [9.17, 15) is 9.59 Å². The summed E-state index contributed by atoms with van der Waals surface area (Å²) >= 11 is 0. The van der Waals surface area contributed by atoms with Crippen molar-refractivity contribution >= 4 is 11.9 Å². The van der Waals surface area contributed by atoms with Crippen LogP contribution in [0.15, 0.2) is 0 Å². The fourth-order valence-electron chi connectivity index (χ4n) is 2.08. The molecule has 19 heavy (non-hydrogen) atoms. The van der Waals surface area contributed by atoms with Crippen LogP contribution >= 0.6 is 0 Å². The van der Waals surface area contributed by atoms with Crippen molar-refractivity contribution in [3.8, 4) is 0 Å². The second kappa shape index (κ2) is 9.78. The molecule has 4 N–H and O–H groups in total. The maximum Gasteiger partial charge on any atom is 0.303 e. The molecular formula is C14H28N2O3. The Hall–Kier alpha value is -1.10. The molecule has 0 aromatic rings. The predicted octanol–water partition coefficient (Wildman–Crippen LogP) is 1.76. The summed E-state index contributed by atoms with van der Waals surface area (Å²) in [5.41, 5.74) is 5.76. The number of hydrogen-bond acceptors (Lipinski definition) is 3. The maximum atomic E-state index is 11.7. The monoisotopic (exact) mass is 272 g/mol. The Labute approximate surface area is 115 Å². The molecule has 0 bridgehead atoms. The third-order valence-electron chi connectivity index (χ3n) is 3.04. The number of nitrogens with one attached hydrogen (secondary N) is 1. The van der Waals surface area contributed by atoms with Gasteiger partial charge in [0.05, 0.1) is 6.04 Å². The van der Waals surface area contributed by atoms with Gasteiger partial charge in [-0.15, -0.1) is 0 Å². The van der Waals surface area contributed by atoms with Crippen LogP contribution in [0.1, 0.15) is 52.9 Å². The lowest BCUT2D eigenvalue weighted by Gasteiger charge is -2.19. The highest BCUT2D eigenvalue weighted by atomic mass is 16.4. The van der Waals surface area contributed by atoms with E-state index >= 15 is 0 Å². The summed E-state index contributed by atoms with van der Waals surface area (Å²) in [6.45, 7) is 6.53. The quantitative estimate of drug-likeness (QED) is 0.565. The van der Waals surface area contributed by atoms with Crippen LogP contribution in [-0.2, 0) is 9.59 Å². The number of carbonyl (C=O) groups excluding carboxylic acids is 1. The molecule has 0 aliphatic carbocycles. The standard InChI is InChI=1S/C14H28N2O3/c1-4-5-6-12(15)14(19)16-9-11(7-10(2)3)8-13(17)18/h10-12H,4-9,15H2,1-3H3,(H,16,19)(H,17,18)/t11-,12-/m0/s1. The average molecular weight is 272 g/mol. The van der Waals surface area contributed by atoms with Crippen LogP contribution in [-0.4, -0.2) is 29.6 Å². The van der Waals surface area contributed by atoms with Gasteiger partial charge in [-0.05, 0) is 24.7 Å². The fourth-order valence-corrected chi connectivity index (χ4v) is 2.08. The zero-order valence-electron chi connectivity index (χ0n) is 12.3. The van der Waals surface area contributed by atoms with Crippen LogP contribution in [0.3, 0.4) is 0 Å². The zero-order chi connectivity index (χ0) is 14.8. The van der Waals surface area contributed by atoms with Crippen LogP contribution in [0.5, 0.6) is 0 Å². The number of amides is 1. The van der Waals surface area contributed by atoms with Gasteiger partial charge in [0.1, 0.15) is 0 Å². The molecule has 2 atom stereocenters. The molecule has 0 rings (SSSR count). The Bertz CT molecular complexity index is 280. The average Bonchev–Trinajstić information content (AvgIpc) is 2.31. The van der Waals surface area contributed by atoms with Crippen molar-refractivity contribution in [2.24, 2.45) is 17.6 Å². The molecule has 0 unspecified atom stereocenters. The van der Waals surface area contributed by atoms with Crippen molar-refractivity contribution in [3.63, 3.8) is 0 Å². The first kappa shape index (κ1) is 17.9. The maximum absolute atomic E-state index is 11.7. The highest BCUT2D eigenvalue weighted by molar-refractivity contribution is 5.81. The fraction of sp³-hybridized carbons (Fsp3) is 0.857. The molecule has 0 fully saturated rings. The number of hydrogen-bond donors (Lipinski definition) is 3. The van der Waals surface area contributed by atoms with Crippen molar-refractivity contribution in [2.45, 2.75) is 58.9 Å². The molecule has 0 radical (unpaired) electrons. The Kier molecular flexibility index (Phi) is 9.21. The minimum atomic E-state index is -0.824. The molecule has 112 valence electrons. The van der Waals surface area contributed by atoms with Gasteiger partial charge in [0.15, 0.2) is 0 Å². The van der Waals surface area contributed by atoms with Gasteiger partial charge >= 0.3 is 5.97 Å². The van der Waals surface area contributed by atoms with Crippen LogP contribution in [0.2, 0.25) is 0 Å². The Morgan fingerprint density at radius 3 is 2.42 bits per heavy atom. The molecule has 0 aliphatic heterocycles. The topological polar surface area (TPSA) is 92.4 Å². The number of carboxylic acid groups (broad SMARTS) is 1. The molecule has 0 aromatic carbocycles. The van der Waals surface area contributed by atoms with Crippen molar-refractivity contribution in [1.82, 2.24) is 5.32 Å². The van der Waals surface area contributed by atoms with Crippen molar-refractivity contribution in [1.29, 1.82) is 0 Å². The molecule has 0 heterocycles. The van der Waals surface area contributed by atoms with E-state index in [2.05, 4.69) is 12.2 Å². The SMILES string of the molecule is CCCC[C@H](N)C(=O)NC[C@H](CC(=O)O)CC(C)C. The number of aliphatic carboxylic acids is 1. The molecule has 5 nitrogen and oxygen atoms in total. The summed E-state index contributed by atoms with van der Waals surface area (Å²) < 4.78 is 0. The Morgan fingerprint density at radius 1 is 1.32 bits per heavy atom. The van der Waals surface area contributed by atoms with E-state index in [1.165, 1.54) is 0 Å². The van der Waals surface area contributed by atoms with Crippen molar-refractivity contribution < 1.29 is 14.7 Å². The first-order chi connectivity index (χ1) is 8.86. The van der Waals surface area contributed by atoms with Gasteiger partial charge in [0.2, 0.25) is 5.91 Å².